The fourth-order valence-corrected chi connectivity index (χ4v) is 1.35. The van der Waals surface area contributed by atoms with Crippen molar-refractivity contribution in [3.05, 3.63) is 35.6 Å². The van der Waals surface area contributed by atoms with E-state index in [4.69, 9.17) is 0 Å². The third kappa shape index (κ3) is 3.11. The predicted molar refractivity (Wildman–Crippen MR) is 57.7 cm³/mol. The molecule has 2 heteroatoms. The van der Waals surface area contributed by atoms with E-state index in [0.29, 0.717) is 5.92 Å². The van der Waals surface area contributed by atoms with E-state index in [-0.39, 0.29) is 11.9 Å². The quantitative estimate of drug-likeness (QED) is 0.778. The van der Waals surface area contributed by atoms with Crippen molar-refractivity contribution < 1.29 is 4.39 Å². The molecule has 1 aromatic carbocycles. The average Bonchev–Trinajstić information content (AvgIpc) is 2.15. The first kappa shape index (κ1) is 11.2. The Labute approximate surface area is 85.3 Å². The number of halogens is 1. The summed E-state index contributed by atoms with van der Waals surface area (Å²) in [5.74, 6) is 0.459. The zero-order valence-electron chi connectivity index (χ0n) is 9.05. The molecule has 0 aliphatic rings. The van der Waals surface area contributed by atoms with Crippen molar-refractivity contribution in [2.45, 2.75) is 26.8 Å². The van der Waals surface area contributed by atoms with Crippen LogP contribution in [0.5, 0.6) is 0 Å². The molecule has 1 N–H and O–H groups in total. The van der Waals surface area contributed by atoms with Gasteiger partial charge in [-0.25, -0.2) is 4.39 Å². The maximum Gasteiger partial charge on any atom is 0.127 e. The summed E-state index contributed by atoms with van der Waals surface area (Å²) in [5.41, 5.74) is 0.744. The van der Waals surface area contributed by atoms with Crippen molar-refractivity contribution in [2.75, 3.05) is 6.54 Å². The standard InChI is InChI=1S/C12H18FN/c1-9(2)8-14-10(3)11-6-4-5-7-12(11)13/h4-7,9-10,14H,8H2,1-3H3/t10-/m0/s1. The van der Waals surface area contributed by atoms with Crippen LogP contribution >= 0.6 is 0 Å². The zero-order chi connectivity index (χ0) is 10.6. The molecule has 0 aliphatic carbocycles. The maximum atomic E-state index is 13.3. The van der Waals surface area contributed by atoms with Gasteiger partial charge in [-0.15, -0.1) is 0 Å². The Morgan fingerprint density at radius 1 is 1.21 bits per heavy atom. The van der Waals surface area contributed by atoms with E-state index in [2.05, 4.69) is 19.2 Å². The molecule has 0 saturated heterocycles. The second-order valence-corrected chi connectivity index (χ2v) is 4.05. The van der Waals surface area contributed by atoms with Crippen molar-refractivity contribution >= 4 is 0 Å². The number of benzene rings is 1. The lowest BCUT2D eigenvalue weighted by Gasteiger charge is -2.16. The van der Waals surface area contributed by atoms with Crippen molar-refractivity contribution in [3.8, 4) is 0 Å². The van der Waals surface area contributed by atoms with Crippen molar-refractivity contribution in [2.24, 2.45) is 5.92 Å². The van der Waals surface area contributed by atoms with E-state index >= 15 is 0 Å². The van der Waals surface area contributed by atoms with E-state index in [0.717, 1.165) is 12.1 Å². The van der Waals surface area contributed by atoms with Crippen LogP contribution in [-0.4, -0.2) is 6.54 Å². The van der Waals surface area contributed by atoms with Gasteiger partial charge in [0.25, 0.3) is 0 Å². The number of hydrogen-bond acceptors (Lipinski definition) is 1. The van der Waals surface area contributed by atoms with Gasteiger partial charge in [-0.05, 0) is 25.5 Å². The molecule has 1 rings (SSSR count). The molecule has 78 valence electrons. The summed E-state index contributed by atoms with van der Waals surface area (Å²) in [6, 6.07) is 6.99. The highest BCUT2D eigenvalue weighted by Gasteiger charge is 2.09. The van der Waals surface area contributed by atoms with Crippen LogP contribution in [0.1, 0.15) is 32.4 Å². The third-order valence-electron chi connectivity index (χ3n) is 2.20. The number of rotatable bonds is 4. The van der Waals surface area contributed by atoms with Crippen LogP contribution in [-0.2, 0) is 0 Å². The predicted octanol–water partition coefficient (Wildman–Crippen LogP) is 3.13. The second kappa shape index (κ2) is 5.11. The van der Waals surface area contributed by atoms with Crippen LogP contribution in [0.2, 0.25) is 0 Å². The highest BCUT2D eigenvalue weighted by atomic mass is 19.1. The molecular weight excluding hydrogens is 177 g/mol. The average molecular weight is 195 g/mol. The van der Waals surface area contributed by atoms with Crippen LogP contribution in [0.15, 0.2) is 24.3 Å². The van der Waals surface area contributed by atoms with Gasteiger partial charge in [0.05, 0.1) is 0 Å². The summed E-state index contributed by atoms with van der Waals surface area (Å²) in [6.45, 7) is 7.18. The fourth-order valence-electron chi connectivity index (χ4n) is 1.35. The third-order valence-corrected chi connectivity index (χ3v) is 2.20. The molecule has 1 atom stereocenters. The Bertz CT molecular complexity index is 283. The van der Waals surface area contributed by atoms with Crippen LogP contribution < -0.4 is 5.32 Å². The molecule has 0 aromatic heterocycles. The number of hydrogen-bond donors (Lipinski definition) is 1. The Balaban J connectivity index is 2.60. The van der Waals surface area contributed by atoms with Gasteiger partial charge in [-0.1, -0.05) is 32.0 Å². The van der Waals surface area contributed by atoms with E-state index < -0.39 is 0 Å². The van der Waals surface area contributed by atoms with Gasteiger partial charge in [-0.3, -0.25) is 0 Å². The van der Waals surface area contributed by atoms with Crippen LogP contribution in [0.3, 0.4) is 0 Å². The van der Waals surface area contributed by atoms with Crippen molar-refractivity contribution in [1.29, 1.82) is 0 Å². The van der Waals surface area contributed by atoms with Gasteiger partial charge < -0.3 is 5.32 Å². The van der Waals surface area contributed by atoms with Crippen molar-refractivity contribution in [1.82, 2.24) is 5.32 Å². The first-order valence-electron chi connectivity index (χ1n) is 5.09. The Morgan fingerprint density at radius 3 is 2.43 bits per heavy atom. The summed E-state index contributed by atoms with van der Waals surface area (Å²) in [5, 5.41) is 3.30. The van der Waals surface area contributed by atoms with Gasteiger partial charge in [-0.2, -0.15) is 0 Å². The van der Waals surface area contributed by atoms with Crippen LogP contribution in [0.4, 0.5) is 4.39 Å². The Hall–Kier alpha value is -0.890. The molecule has 0 unspecified atom stereocenters. The number of nitrogens with one attached hydrogen (secondary N) is 1. The normalized spacial score (nSPS) is 13.2. The van der Waals surface area contributed by atoms with Crippen LogP contribution in [0, 0.1) is 11.7 Å². The zero-order valence-corrected chi connectivity index (χ0v) is 9.05. The van der Waals surface area contributed by atoms with Gasteiger partial charge in [0, 0.05) is 11.6 Å². The molecule has 0 bridgehead atoms. The molecule has 0 heterocycles. The highest BCUT2D eigenvalue weighted by Crippen LogP contribution is 2.15. The Morgan fingerprint density at radius 2 is 1.86 bits per heavy atom. The van der Waals surface area contributed by atoms with E-state index in [1.54, 1.807) is 6.07 Å². The first-order valence-corrected chi connectivity index (χ1v) is 5.09. The summed E-state index contributed by atoms with van der Waals surface area (Å²) >= 11 is 0. The minimum atomic E-state index is -0.128. The summed E-state index contributed by atoms with van der Waals surface area (Å²) in [4.78, 5) is 0. The largest absolute Gasteiger partial charge is 0.310 e. The fraction of sp³-hybridized carbons (Fsp3) is 0.500. The molecular formula is C12H18FN. The molecule has 1 nitrogen and oxygen atoms in total. The maximum absolute atomic E-state index is 13.3. The minimum Gasteiger partial charge on any atom is -0.310 e. The smallest absolute Gasteiger partial charge is 0.127 e. The van der Waals surface area contributed by atoms with E-state index in [1.807, 2.05) is 19.1 Å². The molecule has 0 saturated carbocycles. The first-order chi connectivity index (χ1) is 6.61. The van der Waals surface area contributed by atoms with Gasteiger partial charge in [0.15, 0.2) is 0 Å². The highest BCUT2D eigenvalue weighted by molar-refractivity contribution is 5.20. The monoisotopic (exact) mass is 195 g/mol. The van der Waals surface area contributed by atoms with Gasteiger partial charge in [0.2, 0.25) is 0 Å². The van der Waals surface area contributed by atoms with E-state index in [9.17, 15) is 4.39 Å². The SMILES string of the molecule is CC(C)CN[C@@H](C)c1ccccc1F. The lowest BCUT2D eigenvalue weighted by molar-refractivity contribution is 0.479. The molecule has 0 spiro atoms. The topological polar surface area (TPSA) is 12.0 Å². The summed E-state index contributed by atoms with van der Waals surface area (Å²) in [7, 11) is 0. The van der Waals surface area contributed by atoms with Crippen LogP contribution in [0.25, 0.3) is 0 Å². The molecule has 0 fully saturated rings. The van der Waals surface area contributed by atoms with Crippen molar-refractivity contribution in [3.63, 3.8) is 0 Å². The summed E-state index contributed by atoms with van der Waals surface area (Å²) < 4.78 is 13.3. The lowest BCUT2D eigenvalue weighted by atomic mass is 10.1. The van der Waals surface area contributed by atoms with E-state index in [1.165, 1.54) is 6.07 Å². The van der Waals surface area contributed by atoms with Gasteiger partial charge in [0.1, 0.15) is 5.82 Å². The molecule has 0 aliphatic heterocycles. The molecule has 14 heavy (non-hydrogen) atoms. The van der Waals surface area contributed by atoms with Gasteiger partial charge >= 0.3 is 0 Å². The Kier molecular flexibility index (Phi) is 4.08. The minimum absolute atomic E-state index is 0.0820. The summed E-state index contributed by atoms with van der Waals surface area (Å²) in [6.07, 6.45) is 0. The molecule has 1 aromatic rings. The molecule has 0 amide bonds. The lowest BCUT2D eigenvalue weighted by Crippen LogP contribution is -2.23. The molecule has 0 radical (unpaired) electrons. The second-order valence-electron chi connectivity index (χ2n) is 4.05.